The van der Waals surface area contributed by atoms with Gasteiger partial charge in [-0.2, -0.15) is 0 Å². The van der Waals surface area contributed by atoms with Crippen LogP contribution in [-0.4, -0.2) is 32.1 Å². The zero-order chi connectivity index (χ0) is 16.4. The predicted octanol–water partition coefficient (Wildman–Crippen LogP) is 2.13. The highest BCUT2D eigenvalue weighted by Gasteiger charge is 2.52. The fourth-order valence-electron chi connectivity index (χ4n) is 2.09. The summed E-state index contributed by atoms with van der Waals surface area (Å²) in [5.74, 6) is -3.32. The first-order valence-corrected chi connectivity index (χ1v) is 6.82. The molecule has 1 heterocycles. The number of carboxylic acids is 2. The molecular formula is C12H13BrN2O6. The van der Waals surface area contributed by atoms with Crippen LogP contribution in [0, 0.1) is 10.1 Å². The highest BCUT2D eigenvalue weighted by molar-refractivity contribution is 9.10. The van der Waals surface area contributed by atoms with Gasteiger partial charge in [0.1, 0.15) is 6.20 Å². The second kappa shape index (κ2) is 6.17. The molecule has 1 aromatic rings. The van der Waals surface area contributed by atoms with Gasteiger partial charge in [0.05, 0.1) is 20.7 Å². The summed E-state index contributed by atoms with van der Waals surface area (Å²) < 4.78 is 0.0471. The van der Waals surface area contributed by atoms with Crippen LogP contribution >= 0.6 is 15.9 Å². The fourth-order valence-corrected chi connectivity index (χ4v) is 3.02. The Kier molecular flexibility index (Phi) is 5.00. The van der Waals surface area contributed by atoms with Gasteiger partial charge < -0.3 is 10.2 Å². The Balaban J connectivity index is 3.91. The third kappa shape index (κ3) is 2.60. The number of carboxylic acid groups (broad SMARTS) is 2. The molecule has 0 bridgehead atoms. The molecule has 0 spiro atoms. The number of aryl methyl sites for hydroxylation is 1. The minimum Gasteiger partial charge on any atom is -0.480 e. The maximum Gasteiger partial charge on any atom is 0.325 e. The van der Waals surface area contributed by atoms with Gasteiger partial charge >= 0.3 is 11.9 Å². The first-order chi connectivity index (χ1) is 9.73. The summed E-state index contributed by atoms with van der Waals surface area (Å²) in [6.45, 7) is 3.07. The molecular weight excluding hydrogens is 348 g/mol. The molecule has 0 fully saturated rings. The van der Waals surface area contributed by atoms with Crippen molar-refractivity contribution in [3.63, 3.8) is 0 Å². The number of aliphatic carboxylic acids is 2. The number of hydrogen-bond donors (Lipinski definition) is 2. The lowest BCUT2D eigenvalue weighted by Crippen LogP contribution is -2.44. The molecule has 9 heteroatoms. The van der Waals surface area contributed by atoms with E-state index in [1.165, 1.54) is 6.92 Å². The Morgan fingerprint density at radius 2 is 1.90 bits per heavy atom. The van der Waals surface area contributed by atoms with E-state index in [2.05, 4.69) is 20.9 Å². The van der Waals surface area contributed by atoms with E-state index in [4.69, 9.17) is 0 Å². The van der Waals surface area contributed by atoms with Crippen molar-refractivity contribution in [3.05, 3.63) is 32.0 Å². The van der Waals surface area contributed by atoms with Crippen LogP contribution < -0.4 is 0 Å². The molecule has 114 valence electrons. The maximum absolute atomic E-state index is 11.6. The Morgan fingerprint density at radius 3 is 2.24 bits per heavy atom. The highest BCUT2D eigenvalue weighted by Crippen LogP contribution is 2.41. The molecule has 8 nitrogen and oxygen atoms in total. The van der Waals surface area contributed by atoms with E-state index >= 15 is 0 Å². The second-order valence-corrected chi connectivity index (χ2v) is 5.05. The van der Waals surface area contributed by atoms with Crippen LogP contribution in [0.4, 0.5) is 5.69 Å². The van der Waals surface area contributed by atoms with Gasteiger partial charge in [-0.3, -0.25) is 24.7 Å². The minimum absolute atomic E-state index is 0.0471. The van der Waals surface area contributed by atoms with Crippen LogP contribution in [0.5, 0.6) is 0 Å². The number of pyridine rings is 1. The molecule has 0 unspecified atom stereocenters. The monoisotopic (exact) mass is 360 g/mol. The molecule has 0 radical (unpaired) electrons. The first kappa shape index (κ1) is 17.0. The quantitative estimate of drug-likeness (QED) is 0.451. The van der Waals surface area contributed by atoms with Gasteiger partial charge in [-0.25, -0.2) is 0 Å². The van der Waals surface area contributed by atoms with Crippen LogP contribution in [0.25, 0.3) is 0 Å². The van der Waals surface area contributed by atoms with Crippen molar-refractivity contribution >= 4 is 33.6 Å². The molecule has 1 rings (SSSR count). The number of halogens is 1. The lowest BCUT2D eigenvalue weighted by atomic mass is 9.77. The van der Waals surface area contributed by atoms with Gasteiger partial charge in [0.2, 0.25) is 0 Å². The number of nitrogens with zero attached hydrogens (tertiary/aromatic N) is 2. The first-order valence-electron chi connectivity index (χ1n) is 6.03. The van der Waals surface area contributed by atoms with Crippen LogP contribution in [0.2, 0.25) is 0 Å². The molecule has 0 aliphatic rings. The van der Waals surface area contributed by atoms with Gasteiger partial charge in [0.25, 0.3) is 5.69 Å². The van der Waals surface area contributed by atoms with E-state index in [1.807, 2.05) is 0 Å². The van der Waals surface area contributed by atoms with Crippen LogP contribution in [0.15, 0.2) is 10.7 Å². The molecule has 0 amide bonds. The molecule has 0 aromatic carbocycles. The Labute approximate surface area is 128 Å². The summed E-state index contributed by atoms with van der Waals surface area (Å²) in [4.78, 5) is 37.3. The van der Waals surface area contributed by atoms with Crippen molar-refractivity contribution in [1.82, 2.24) is 4.98 Å². The third-order valence-corrected chi connectivity index (χ3v) is 4.14. The lowest BCUT2D eigenvalue weighted by Gasteiger charge is -2.25. The molecule has 0 saturated carbocycles. The van der Waals surface area contributed by atoms with Crippen LogP contribution in [0.3, 0.4) is 0 Å². The summed E-state index contributed by atoms with van der Waals surface area (Å²) in [5, 5.41) is 29.9. The third-order valence-electron chi connectivity index (χ3n) is 3.29. The second-order valence-electron chi connectivity index (χ2n) is 4.26. The highest BCUT2D eigenvalue weighted by atomic mass is 79.9. The Bertz CT molecular complexity index is 602. The Hall–Kier alpha value is -2.03. The molecule has 0 saturated heterocycles. The van der Waals surface area contributed by atoms with Crippen molar-refractivity contribution in [2.24, 2.45) is 0 Å². The average molecular weight is 361 g/mol. The van der Waals surface area contributed by atoms with Gasteiger partial charge in [-0.05, 0) is 28.8 Å². The number of carbonyl (C=O) groups is 2. The Morgan fingerprint density at radius 1 is 1.38 bits per heavy atom. The number of rotatable bonds is 6. The summed E-state index contributed by atoms with van der Waals surface area (Å²) in [6, 6.07) is 0. The van der Waals surface area contributed by atoms with E-state index in [0.717, 1.165) is 6.20 Å². The smallest absolute Gasteiger partial charge is 0.325 e. The fraction of sp³-hybridized carbons (Fsp3) is 0.417. The molecule has 0 atom stereocenters. The summed E-state index contributed by atoms with van der Waals surface area (Å²) in [7, 11) is 0. The average Bonchev–Trinajstić information content (AvgIpc) is 2.40. The molecule has 0 aliphatic carbocycles. The number of hydrogen-bond acceptors (Lipinski definition) is 5. The largest absolute Gasteiger partial charge is 0.480 e. The van der Waals surface area contributed by atoms with E-state index in [-0.39, 0.29) is 16.5 Å². The van der Waals surface area contributed by atoms with Crippen LogP contribution in [-0.2, 0) is 21.4 Å². The summed E-state index contributed by atoms with van der Waals surface area (Å²) in [6.07, 6.45) is 0.921. The standard InChI is InChI=1S/C12H13BrN2O6/c1-3-6-9(13)8(7(5-14-6)15(20)21)12(4-2,10(16)17)11(18)19/h5H,3-4H2,1-2H3,(H,16,17)(H,18,19). The van der Waals surface area contributed by atoms with Crippen molar-refractivity contribution in [2.45, 2.75) is 32.1 Å². The lowest BCUT2D eigenvalue weighted by molar-refractivity contribution is -0.386. The van der Waals surface area contributed by atoms with E-state index in [0.29, 0.717) is 12.1 Å². The van der Waals surface area contributed by atoms with E-state index in [9.17, 15) is 29.9 Å². The molecule has 21 heavy (non-hydrogen) atoms. The molecule has 2 N–H and O–H groups in total. The van der Waals surface area contributed by atoms with Gasteiger partial charge in [0, 0.05) is 0 Å². The van der Waals surface area contributed by atoms with Gasteiger partial charge in [0.15, 0.2) is 5.41 Å². The van der Waals surface area contributed by atoms with Crippen molar-refractivity contribution in [2.75, 3.05) is 0 Å². The summed E-state index contributed by atoms with van der Waals surface area (Å²) in [5.41, 5.74) is -3.07. The SMILES string of the molecule is CCc1ncc([N+](=O)[O-])c(C(CC)(C(=O)O)C(=O)O)c1Br. The van der Waals surface area contributed by atoms with Gasteiger partial charge in [-0.1, -0.05) is 13.8 Å². The maximum atomic E-state index is 11.6. The zero-order valence-corrected chi connectivity index (χ0v) is 12.9. The molecule has 1 aromatic heterocycles. The van der Waals surface area contributed by atoms with Crippen molar-refractivity contribution < 1.29 is 24.7 Å². The topological polar surface area (TPSA) is 131 Å². The minimum atomic E-state index is -2.41. The van der Waals surface area contributed by atoms with Crippen LogP contribution in [0.1, 0.15) is 31.5 Å². The van der Waals surface area contributed by atoms with Gasteiger partial charge in [-0.15, -0.1) is 0 Å². The van der Waals surface area contributed by atoms with Crippen molar-refractivity contribution in [3.8, 4) is 0 Å². The zero-order valence-electron chi connectivity index (χ0n) is 11.3. The molecule has 0 aliphatic heterocycles. The normalized spacial score (nSPS) is 11.2. The number of aromatic nitrogens is 1. The van der Waals surface area contributed by atoms with E-state index in [1.54, 1.807) is 6.92 Å². The van der Waals surface area contributed by atoms with Crippen molar-refractivity contribution in [1.29, 1.82) is 0 Å². The van der Waals surface area contributed by atoms with E-state index < -0.39 is 28.0 Å². The predicted molar refractivity (Wildman–Crippen MR) is 75.2 cm³/mol. The summed E-state index contributed by atoms with van der Waals surface area (Å²) >= 11 is 3.08. The number of nitro groups is 1.